The van der Waals surface area contributed by atoms with Gasteiger partial charge in [0.15, 0.2) is 46.6 Å². The first-order valence-corrected chi connectivity index (χ1v) is 22.1. The molecule has 7 rings (SSSR count). The van der Waals surface area contributed by atoms with E-state index in [9.17, 15) is 34.2 Å². The molecule has 0 radical (unpaired) electrons. The number of anilines is 2. The maximum Gasteiger partial charge on any atom is 0.695 e. The molecule has 61 heavy (non-hydrogen) atoms. The summed E-state index contributed by atoms with van der Waals surface area (Å²) in [5.41, 5.74) is -0.205. The zero-order valence-corrected chi connectivity index (χ0v) is 34.6. The molecule has 0 aliphatic carbocycles. The van der Waals surface area contributed by atoms with Crippen LogP contribution in [-0.4, -0.2) is 111 Å². The summed E-state index contributed by atoms with van der Waals surface area (Å²) in [5.74, 6) is -1.45. The number of aromatic nitrogens is 8. The SMILES string of the molecule is CC(C)C(=O)Nc1nc2c(ncn2[C@@H]2O[C@H](COP(=S)(OCCC#N)O[C@H]3C[C@H](n4cnc5c(NC(=O)c6ccccc6)ncnc54)O[C@@H]3CO)[C@@H](F)[C@H]2O[P+](=O)O)c(=O)[nH]1. The second-order valence-corrected chi connectivity index (χ2v) is 17.4. The van der Waals surface area contributed by atoms with Crippen LogP contribution in [0.25, 0.3) is 22.3 Å². The average molecular weight is 905 g/mol. The van der Waals surface area contributed by atoms with Crippen molar-refractivity contribution in [3.05, 3.63) is 65.2 Å². The normalized spacial score (nSPS) is 23.9. The summed E-state index contributed by atoms with van der Waals surface area (Å²) in [7, 11) is -3.39. The van der Waals surface area contributed by atoms with E-state index in [4.69, 9.17) is 39.4 Å². The summed E-state index contributed by atoms with van der Waals surface area (Å²) >= 11 is 5.72. The number of H-pyrrole nitrogens is 1. The van der Waals surface area contributed by atoms with Crippen LogP contribution >= 0.6 is 15.0 Å². The third kappa shape index (κ3) is 9.70. The Bertz CT molecular complexity index is 2580. The van der Waals surface area contributed by atoms with Gasteiger partial charge in [-0.1, -0.05) is 32.0 Å². The minimum atomic E-state index is -3.95. The van der Waals surface area contributed by atoms with Crippen molar-refractivity contribution in [2.24, 2.45) is 5.92 Å². The number of nitrogens with zero attached hydrogens (tertiary/aromatic N) is 8. The van der Waals surface area contributed by atoms with Gasteiger partial charge in [0.2, 0.25) is 11.9 Å². The van der Waals surface area contributed by atoms with E-state index in [2.05, 4.69) is 40.5 Å². The Hall–Kier alpha value is -5.09. The van der Waals surface area contributed by atoms with E-state index < -0.39 is 94.5 Å². The number of imidazole rings is 2. The van der Waals surface area contributed by atoms with E-state index in [0.29, 0.717) is 5.56 Å². The number of nitrogens with one attached hydrogen (secondary N) is 3. The van der Waals surface area contributed by atoms with Gasteiger partial charge in [0.25, 0.3) is 11.5 Å². The minimum absolute atomic E-state index is 0.0302. The first-order chi connectivity index (χ1) is 29.3. The molecule has 4 aromatic heterocycles. The number of amides is 2. The summed E-state index contributed by atoms with van der Waals surface area (Å²) < 4.78 is 65.8. The molecular weight excluding hydrogens is 867 g/mol. The van der Waals surface area contributed by atoms with Crippen molar-refractivity contribution in [1.82, 2.24) is 39.0 Å². The van der Waals surface area contributed by atoms with Crippen LogP contribution in [0.2, 0.25) is 0 Å². The van der Waals surface area contributed by atoms with Crippen molar-refractivity contribution in [2.75, 3.05) is 30.5 Å². The maximum absolute atomic E-state index is 16.2. The van der Waals surface area contributed by atoms with Gasteiger partial charge in [-0.25, -0.2) is 24.3 Å². The Labute approximate surface area is 349 Å². The highest BCUT2D eigenvalue weighted by Crippen LogP contribution is 2.54. The van der Waals surface area contributed by atoms with Crippen molar-refractivity contribution in [2.45, 2.75) is 69.7 Å². The molecule has 5 N–H and O–H groups in total. The van der Waals surface area contributed by atoms with E-state index in [1.165, 1.54) is 12.7 Å². The summed E-state index contributed by atoms with van der Waals surface area (Å²) in [6, 6.07) is 10.4. The maximum atomic E-state index is 16.2. The number of alkyl halides is 1. The number of fused-ring (bicyclic) bond motifs is 2. The Kier molecular flexibility index (Phi) is 13.6. The number of hydrogen-bond acceptors (Lipinski definition) is 18. The molecule has 23 nitrogen and oxygen atoms in total. The predicted molar refractivity (Wildman–Crippen MR) is 212 cm³/mol. The molecule has 2 fully saturated rings. The van der Waals surface area contributed by atoms with Gasteiger partial charge in [-0.15, -0.1) is 9.42 Å². The third-order valence-corrected chi connectivity index (χ3v) is 12.2. The fourth-order valence-electron chi connectivity index (χ4n) is 6.40. The standard InChI is InChI=1S/C34H36FN11O12P2S/c1-17(2)30(48)43-34-42-29-25(32(50)44-34)40-16-46(29)33-26(57-59(51)52)23(35)21(56-33)13-54-60(61,53-10-6-9-36)58-19-11-22(55-20(19)12-47)45-15-39-24-27(37-14-38-28(24)45)41-31(49)18-7-4-3-5-8-18/h3-5,7-8,14-17,19-23,26,33,47H,6,10-13H2,1-2H3,(H3-,37,38,41,42,43,44,48,49,50,51,52)/p+1/t19-,20+,21+,22+,23+,26+,33+,60?/m0/s1. The van der Waals surface area contributed by atoms with Gasteiger partial charge >= 0.3 is 15.0 Å². The summed E-state index contributed by atoms with van der Waals surface area (Å²) in [6.45, 7) is -2.19. The molecular formula is C34H37FN11O12P2S+. The molecule has 0 bridgehead atoms. The van der Waals surface area contributed by atoms with E-state index in [0.717, 1.165) is 10.9 Å². The first kappa shape index (κ1) is 44.0. The van der Waals surface area contributed by atoms with Gasteiger partial charge in [-0.2, -0.15) is 10.2 Å². The van der Waals surface area contributed by atoms with Gasteiger partial charge in [0.1, 0.15) is 24.8 Å². The van der Waals surface area contributed by atoms with Crippen LogP contribution in [0.1, 0.15) is 49.5 Å². The fourth-order valence-corrected chi connectivity index (χ4v) is 8.96. The number of aromatic amines is 1. The van der Waals surface area contributed by atoms with Gasteiger partial charge < -0.3 is 33.5 Å². The molecule has 2 unspecified atom stereocenters. The Morgan fingerprint density at radius 3 is 2.57 bits per heavy atom. The lowest BCUT2D eigenvalue weighted by atomic mass is 10.1. The van der Waals surface area contributed by atoms with Crippen LogP contribution in [0.3, 0.4) is 0 Å². The molecule has 2 aliphatic rings. The van der Waals surface area contributed by atoms with Crippen LogP contribution in [-0.2, 0) is 48.7 Å². The number of aliphatic hydroxyl groups is 1. The van der Waals surface area contributed by atoms with E-state index >= 15 is 4.39 Å². The molecule has 0 saturated carbocycles. The average Bonchev–Trinajstić information content (AvgIpc) is 4.02. The van der Waals surface area contributed by atoms with Crippen LogP contribution in [0.4, 0.5) is 16.2 Å². The molecule has 2 amide bonds. The van der Waals surface area contributed by atoms with Gasteiger partial charge in [-0.05, 0) is 23.9 Å². The second-order valence-electron chi connectivity index (χ2n) is 13.7. The first-order valence-electron chi connectivity index (χ1n) is 18.4. The van der Waals surface area contributed by atoms with E-state index in [1.807, 2.05) is 6.07 Å². The molecule has 6 heterocycles. The largest absolute Gasteiger partial charge is 0.695 e. The van der Waals surface area contributed by atoms with Gasteiger partial charge in [-0.3, -0.25) is 33.8 Å². The molecule has 27 heteroatoms. The molecule has 0 spiro atoms. The lowest BCUT2D eigenvalue weighted by Crippen LogP contribution is -2.32. The van der Waals surface area contributed by atoms with Gasteiger partial charge in [0, 0.05) is 22.5 Å². The van der Waals surface area contributed by atoms with Crippen molar-refractivity contribution in [1.29, 1.82) is 5.26 Å². The number of nitriles is 1. The third-order valence-electron chi connectivity index (χ3n) is 9.37. The zero-order valence-electron chi connectivity index (χ0n) is 32.0. The Morgan fingerprint density at radius 2 is 1.85 bits per heavy atom. The lowest BCUT2D eigenvalue weighted by molar-refractivity contribution is -0.118. The molecule has 2 aliphatic heterocycles. The van der Waals surface area contributed by atoms with Crippen molar-refractivity contribution >= 4 is 72.7 Å². The van der Waals surface area contributed by atoms with Crippen molar-refractivity contribution < 1.29 is 56.1 Å². The molecule has 9 atom stereocenters. The Balaban J connectivity index is 1.09. The zero-order chi connectivity index (χ0) is 43.4. The number of benzene rings is 1. The van der Waals surface area contributed by atoms with E-state index in [-0.39, 0.29) is 53.5 Å². The number of carbonyl (C=O) groups is 2. The number of carbonyl (C=O) groups excluding carboxylic acids is 2. The quantitative estimate of drug-likeness (QED) is 0.0662. The topological polar surface area (TPSA) is 302 Å². The summed E-state index contributed by atoms with van der Waals surface area (Å²) in [5, 5.41) is 24.7. The number of ether oxygens (including phenoxy) is 2. The number of aliphatic hydroxyl groups excluding tert-OH is 1. The number of halogens is 1. The van der Waals surface area contributed by atoms with Crippen LogP contribution < -0.4 is 16.2 Å². The minimum Gasteiger partial charge on any atom is -0.394 e. The summed E-state index contributed by atoms with van der Waals surface area (Å²) in [4.78, 5) is 71.2. The lowest BCUT2D eigenvalue weighted by Gasteiger charge is -2.27. The fraction of sp³-hybridized carbons (Fsp3) is 0.441. The smallest absolute Gasteiger partial charge is 0.394 e. The highest BCUT2D eigenvalue weighted by molar-refractivity contribution is 8.07. The van der Waals surface area contributed by atoms with E-state index in [1.54, 1.807) is 48.7 Å². The predicted octanol–water partition coefficient (Wildman–Crippen LogP) is 2.91. The van der Waals surface area contributed by atoms with Crippen molar-refractivity contribution in [3.8, 4) is 6.07 Å². The van der Waals surface area contributed by atoms with Gasteiger partial charge in [0.05, 0.1) is 51.1 Å². The van der Waals surface area contributed by atoms with Crippen LogP contribution in [0, 0.1) is 17.2 Å². The highest BCUT2D eigenvalue weighted by Gasteiger charge is 2.53. The number of rotatable bonds is 17. The monoisotopic (exact) mass is 904 g/mol. The molecule has 322 valence electrons. The molecule has 5 aromatic rings. The summed E-state index contributed by atoms with van der Waals surface area (Å²) in [6.07, 6.45) is -6.28. The Morgan fingerprint density at radius 1 is 1.10 bits per heavy atom. The molecule has 1 aromatic carbocycles. The van der Waals surface area contributed by atoms with Crippen LogP contribution in [0.5, 0.6) is 0 Å². The highest BCUT2D eigenvalue weighted by atomic mass is 32.5. The molecule has 2 saturated heterocycles. The number of hydrogen-bond donors (Lipinski definition) is 5. The second kappa shape index (κ2) is 18.9. The van der Waals surface area contributed by atoms with Crippen LogP contribution in [0.15, 0.2) is 54.1 Å². The van der Waals surface area contributed by atoms with Crippen molar-refractivity contribution in [3.63, 3.8) is 0 Å².